The van der Waals surface area contributed by atoms with Gasteiger partial charge < -0.3 is 4.42 Å². The highest BCUT2D eigenvalue weighted by Crippen LogP contribution is 2.35. The van der Waals surface area contributed by atoms with Gasteiger partial charge in [0.1, 0.15) is 0 Å². The molecule has 0 unspecified atom stereocenters. The SMILES string of the molecule is Fc1cccc2c(Br)c(Br)oc12. The molecule has 0 aliphatic rings. The fraction of sp³-hybridized carbons (Fsp3) is 0. The molecular weight excluding hydrogens is 291 g/mol. The summed E-state index contributed by atoms with van der Waals surface area (Å²) >= 11 is 6.44. The van der Waals surface area contributed by atoms with Gasteiger partial charge >= 0.3 is 0 Å². The molecule has 0 N–H and O–H groups in total. The van der Waals surface area contributed by atoms with Gasteiger partial charge in [-0.1, -0.05) is 6.07 Å². The van der Waals surface area contributed by atoms with Gasteiger partial charge in [0.25, 0.3) is 0 Å². The first-order valence-corrected chi connectivity index (χ1v) is 4.81. The molecule has 0 fully saturated rings. The molecule has 0 aliphatic heterocycles. The molecule has 0 saturated carbocycles. The molecule has 12 heavy (non-hydrogen) atoms. The number of furan rings is 1. The van der Waals surface area contributed by atoms with Crippen molar-refractivity contribution in [1.29, 1.82) is 0 Å². The van der Waals surface area contributed by atoms with Gasteiger partial charge in [0.05, 0.1) is 4.47 Å². The minimum Gasteiger partial charge on any atom is -0.445 e. The van der Waals surface area contributed by atoms with Gasteiger partial charge in [-0.25, -0.2) is 4.39 Å². The van der Waals surface area contributed by atoms with Crippen molar-refractivity contribution >= 4 is 42.8 Å². The van der Waals surface area contributed by atoms with Crippen molar-refractivity contribution in [3.8, 4) is 0 Å². The highest BCUT2D eigenvalue weighted by atomic mass is 79.9. The number of benzene rings is 1. The second-order valence-electron chi connectivity index (χ2n) is 2.31. The van der Waals surface area contributed by atoms with E-state index in [1.807, 2.05) is 0 Å². The van der Waals surface area contributed by atoms with Crippen LogP contribution in [0.3, 0.4) is 0 Å². The first-order chi connectivity index (χ1) is 5.70. The van der Waals surface area contributed by atoms with E-state index in [0.717, 1.165) is 9.86 Å². The number of hydrogen-bond acceptors (Lipinski definition) is 1. The molecular formula is C8H3Br2FO. The van der Waals surface area contributed by atoms with E-state index in [1.165, 1.54) is 6.07 Å². The van der Waals surface area contributed by atoms with Crippen molar-refractivity contribution in [2.45, 2.75) is 0 Å². The third-order valence-corrected chi connectivity index (χ3v) is 3.45. The molecule has 1 heterocycles. The van der Waals surface area contributed by atoms with Crippen molar-refractivity contribution in [2.75, 3.05) is 0 Å². The Morgan fingerprint density at radius 1 is 1.25 bits per heavy atom. The Bertz CT molecular complexity index is 436. The Balaban J connectivity index is 2.95. The van der Waals surface area contributed by atoms with Crippen molar-refractivity contribution in [2.24, 2.45) is 0 Å². The molecule has 0 spiro atoms. The fourth-order valence-corrected chi connectivity index (χ4v) is 1.79. The third-order valence-electron chi connectivity index (χ3n) is 1.57. The number of hydrogen-bond donors (Lipinski definition) is 0. The zero-order valence-corrected chi connectivity index (χ0v) is 8.95. The average molecular weight is 294 g/mol. The zero-order valence-electron chi connectivity index (χ0n) is 5.77. The van der Waals surface area contributed by atoms with Crippen LogP contribution in [0.5, 0.6) is 0 Å². The highest BCUT2D eigenvalue weighted by Gasteiger charge is 2.11. The number of fused-ring (bicyclic) bond motifs is 1. The van der Waals surface area contributed by atoms with Crippen LogP contribution in [0, 0.1) is 5.82 Å². The molecule has 2 rings (SSSR count). The Morgan fingerprint density at radius 2 is 2.00 bits per heavy atom. The van der Waals surface area contributed by atoms with Crippen LogP contribution in [0.25, 0.3) is 11.0 Å². The van der Waals surface area contributed by atoms with E-state index in [0.29, 0.717) is 4.67 Å². The second kappa shape index (κ2) is 2.85. The third kappa shape index (κ3) is 1.10. The zero-order chi connectivity index (χ0) is 8.72. The van der Waals surface area contributed by atoms with Gasteiger partial charge in [0, 0.05) is 5.39 Å². The maximum absolute atomic E-state index is 13.0. The molecule has 0 atom stereocenters. The summed E-state index contributed by atoms with van der Waals surface area (Å²) in [6, 6.07) is 4.80. The predicted octanol–water partition coefficient (Wildman–Crippen LogP) is 4.10. The number of halogens is 3. The molecule has 0 aliphatic carbocycles. The van der Waals surface area contributed by atoms with Gasteiger partial charge in [-0.3, -0.25) is 0 Å². The molecule has 0 radical (unpaired) electrons. The lowest BCUT2D eigenvalue weighted by Gasteiger charge is -1.88. The molecule has 4 heteroatoms. The van der Waals surface area contributed by atoms with Crippen LogP contribution in [-0.2, 0) is 0 Å². The summed E-state index contributed by atoms with van der Waals surface area (Å²) in [6.07, 6.45) is 0. The lowest BCUT2D eigenvalue weighted by molar-refractivity contribution is 0.542. The van der Waals surface area contributed by atoms with Crippen LogP contribution >= 0.6 is 31.9 Å². The minimum absolute atomic E-state index is 0.274. The molecule has 1 aromatic heterocycles. The van der Waals surface area contributed by atoms with Crippen molar-refractivity contribution in [3.63, 3.8) is 0 Å². The molecule has 0 amide bonds. The highest BCUT2D eigenvalue weighted by molar-refractivity contribution is 9.13. The summed E-state index contributed by atoms with van der Waals surface area (Å²) in [4.78, 5) is 0. The van der Waals surface area contributed by atoms with Gasteiger partial charge in [-0.15, -0.1) is 0 Å². The van der Waals surface area contributed by atoms with Crippen LogP contribution < -0.4 is 0 Å². The summed E-state index contributed by atoms with van der Waals surface area (Å²) in [5, 5.41) is 0.738. The van der Waals surface area contributed by atoms with E-state index in [1.54, 1.807) is 12.1 Å². The monoisotopic (exact) mass is 292 g/mol. The van der Waals surface area contributed by atoms with Crippen LogP contribution in [0.1, 0.15) is 0 Å². The first kappa shape index (κ1) is 8.26. The molecule has 2 aromatic rings. The molecule has 1 nitrogen and oxygen atoms in total. The van der Waals surface area contributed by atoms with Crippen molar-refractivity contribution < 1.29 is 8.81 Å². The van der Waals surface area contributed by atoms with E-state index >= 15 is 0 Å². The van der Waals surface area contributed by atoms with Gasteiger partial charge in [-0.05, 0) is 44.0 Å². The standard InChI is InChI=1S/C8H3Br2FO/c9-6-4-2-1-3-5(11)7(4)12-8(6)10/h1-3H. The topological polar surface area (TPSA) is 13.1 Å². The van der Waals surface area contributed by atoms with Gasteiger partial charge in [0.2, 0.25) is 0 Å². The summed E-state index contributed by atoms with van der Waals surface area (Å²) in [5.74, 6) is -0.348. The number of rotatable bonds is 0. The second-order valence-corrected chi connectivity index (χ2v) is 3.82. The minimum atomic E-state index is -0.348. The molecule has 1 aromatic carbocycles. The normalized spacial score (nSPS) is 10.9. The quantitative estimate of drug-likeness (QED) is 0.713. The largest absolute Gasteiger partial charge is 0.445 e. The Kier molecular flexibility index (Phi) is 1.96. The summed E-state index contributed by atoms with van der Waals surface area (Å²) in [5.41, 5.74) is 0.274. The van der Waals surface area contributed by atoms with Gasteiger partial charge in [-0.2, -0.15) is 0 Å². The lowest BCUT2D eigenvalue weighted by Crippen LogP contribution is -1.71. The van der Waals surface area contributed by atoms with Crippen LogP contribution in [0.15, 0.2) is 31.8 Å². The van der Waals surface area contributed by atoms with E-state index in [2.05, 4.69) is 31.9 Å². The summed E-state index contributed by atoms with van der Waals surface area (Å²) in [7, 11) is 0. The average Bonchev–Trinajstić information content (AvgIpc) is 2.32. The molecule has 0 saturated heterocycles. The Morgan fingerprint density at radius 3 is 2.67 bits per heavy atom. The lowest BCUT2D eigenvalue weighted by atomic mass is 10.2. The first-order valence-electron chi connectivity index (χ1n) is 3.22. The maximum atomic E-state index is 13.0. The fourth-order valence-electron chi connectivity index (χ4n) is 1.03. The summed E-state index contributed by atoms with van der Waals surface area (Å²) < 4.78 is 19.4. The Labute approximate surface area is 84.8 Å². The van der Waals surface area contributed by atoms with Crippen LogP contribution in [0.2, 0.25) is 0 Å². The Hall–Kier alpha value is -0.350. The van der Waals surface area contributed by atoms with Crippen molar-refractivity contribution in [3.05, 3.63) is 33.2 Å². The number of para-hydroxylation sites is 1. The smallest absolute Gasteiger partial charge is 0.184 e. The molecule has 0 bridgehead atoms. The van der Waals surface area contributed by atoms with E-state index in [-0.39, 0.29) is 11.4 Å². The van der Waals surface area contributed by atoms with Crippen molar-refractivity contribution in [1.82, 2.24) is 0 Å². The summed E-state index contributed by atoms with van der Waals surface area (Å²) in [6.45, 7) is 0. The van der Waals surface area contributed by atoms with E-state index in [4.69, 9.17) is 4.42 Å². The maximum Gasteiger partial charge on any atom is 0.184 e. The van der Waals surface area contributed by atoms with Crippen LogP contribution in [-0.4, -0.2) is 0 Å². The molecule has 62 valence electrons. The van der Waals surface area contributed by atoms with E-state index < -0.39 is 0 Å². The van der Waals surface area contributed by atoms with Crippen LogP contribution in [0.4, 0.5) is 4.39 Å². The van der Waals surface area contributed by atoms with E-state index in [9.17, 15) is 4.39 Å². The predicted molar refractivity (Wildman–Crippen MR) is 51.6 cm³/mol. The van der Waals surface area contributed by atoms with Gasteiger partial charge in [0.15, 0.2) is 16.1 Å².